The molecule has 2 fully saturated rings. The van der Waals surface area contributed by atoms with Gasteiger partial charge in [-0.3, -0.25) is 19.4 Å². The van der Waals surface area contributed by atoms with Gasteiger partial charge < -0.3 is 10.2 Å². The third-order valence-electron chi connectivity index (χ3n) is 5.63. The number of nitrogens with zero attached hydrogens (tertiary/aromatic N) is 3. The summed E-state index contributed by atoms with van der Waals surface area (Å²) in [6.45, 7) is 16.1. The molecule has 2 aliphatic rings. The fourth-order valence-corrected chi connectivity index (χ4v) is 3.68. The molecule has 0 unspecified atom stereocenters. The Morgan fingerprint density at radius 2 is 1.54 bits per heavy atom. The van der Waals surface area contributed by atoms with Gasteiger partial charge in [-0.1, -0.05) is 27.7 Å². The van der Waals surface area contributed by atoms with E-state index in [1.807, 2.05) is 18.7 Å². The van der Waals surface area contributed by atoms with E-state index in [0.717, 1.165) is 51.7 Å². The minimum Gasteiger partial charge on any atom is -0.339 e. The van der Waals surface area contributed by atoms with Gasteiger partial charge in [0.25, 0.3) is 0 Å². The Morgan fingerprint density at radius 1 is 0.923 bits per heavy atom. The standard InChI is InChI=1S/C20H38N4O2/c1-16(2)19(25)15-22-7-5-18(6-8-22)14-23-9-11-24(12-10-23)20(26)13-21-17(3)4/h16-18,21H,5-15H2,1-4H3. The van der Waals surface area contributed by atoms with E-state index in [9.17, 15) is 9.59 Å². The zero-order valence-corrected chi connectivity index (χ0v) is 17.2. The van der Waals surface area contributed by atoms with Gasteiger partial charge in [0.15, 0.2) is 0 Å². The topological polar surface area (TPSA) is 55.9 Å². The Morgan fingerprint density at radius 3 is 2.08 bits per heavy atom. The smallest absolute Gasteiger partial charge is 0.236 e. The number of rotatable bonds is 8. The monoisotopic (exact) mass is 366 g/mol. The average molecular weight is 367 g/mol. The van der Waals surface area contributed by atoms with Crippen molar-refractivity contribution in [1.82, 2.24) is 20.0 Å². The van der Waals surface area contributed by atoms with Crippen LogP contribution >= 0.6 is 0 Å². The van der Waals surface area contributed by atoms with Crippen molar-refractivity contribution >= 4 is 11.7 Å². The molecule has 0 aromatic carbocycles. The summed E-state index contributed by atoms with van der Waals surface area (Å²) < 4.78 is 0. The predicted octanol–water partition coefficient (Wildman–Crippen LogP) is 1.07. The van der Waals surface area contributed by atoms with Gasteiger partial charge in [0.1, 0.15) is 5.78 Å². The van der Waals surface area contributed by atoms with Crippen LogP contribution in [0, 0.1) is 11.8 Å². The number of hydrogen-bond acceptors (Lipinski definition) is 5. The van der Waals surface area contributed by atoms with Crippen molar-refractivity contribution in [3.63, 3.8) is 0 Å². The first-order valence-electron chi connectivity index (χ1n) is 10.3. The number of Topliss-reactive ketones (excluding diaryl/α,β-unsaturated/α-hetero) is 1. The molecule has 26 heavy (non-hydrogen) atoms. The van der Waals surface area contributed by atoms with Crippen LogP contribution in [-0.2, 0) is 9.59 Å². The van der Waals surface area contributed by atoms with Gasteiger partial charge in [0.05, 0.1) is 13.1 Å². The zero-order chi connectivity index (χ0) is 19.1. The molecule has 0 aliphatic carbocycles. The lowest BCUT2D eigenvalue weighted by atomic mass is 9.95. The Kier molecular flexibility index (Phi) is 8.51. The minimum atomic E-state index is 0.141. The summed E-state index contributed by atoms with van der Waals surface area (Å²) in [7, 11) is 0. The molecule has 6 heteroatoms. The number of piperidine rings is 1. The van der Waals surface area contributed by atoms with E-state index in [1.54, 1.807) is 0 Å². The highest BCUT2D eigenvalue weighted by Crippen LogP contribution is 2.19. The molecule has 0 atom stereocenters. The number of ketones is 1. The summed E-state index contributed by atoms with van der Waals surface area (Å²) in [6.07, 6.45) is 2.37. The van der Waals surface area contributed by atoms with Gasteiger partial charge in [-0.25, -0.2) is 0 Å². The Labute approximate surface area is 159 Å². The van der Waals surface area contributed by atoms with Crippen molar-refractivity contribution in [3.8, 4) is 0 Å². The first-order valence-corrected chi connectivity index (χ1v) is 10.3. The van der Waals surface area contributed by atoms with Gasteiger partial charge in [0, 0.05) is 44.7 Å². The molecular formula is C20H38N4O2. The maximum atomic E-state index is 12.2. The number of hydrogen-bond donors (Lipinski definition) is 1. The molecule has 1 amide bonds. The predicted molar refractivity (Wildman–Crippen MR) is 105 cm³/mol. The lowest BCUT2D eigenvalue weighted by molar-refractivity contribution is -0.132. The van der Waals surface area contributed by atoms with Crippen LogP contribution in [0.3, 0.4) is 0 Å². The Balaban J connectivity index is 1.63. The molecule has 0 spiro atoms. The second-order valence-corrected chi connectivity index (χ2v) is 8.56. The van der Waals surface area contributed by atoms with E-state index in [2.05, 4.69) is 29.0 Å². The second-order valence-electron chi connectivity index (χ2n) is 8.56. The van der Waals surface area contributed by atoms with Crippen LogP contribution < -0.4 is 5.32 Å². The molecule has 150 valence electrons. The Hall–Kier alpha value is -0.980. The first-order chi connectivity index (χ1) is 12.3. The van der Waals surface area contributed by atoms with Gasteiger partial charge in [-0.15, -0.1) is 0 Å². The van der Waals surface area contributed by atoms with Crippen molar-refractivity contribution in [3.05, 3.63) is 0 Å². The summed E-state index contributed by atoms with van der Waals surface area (Å²) in [4.78, 5) is 30.9. The summed E-state index contributed by atoms with van der Waals surface area (Å²) in [5, 5.41) is 3.21. The van der Waals surface area contributed by atoms with Gasteiger partial charge in [0.2, 0.25) is 5.91 Å². The minimum absolute atomic E-state index is 0.141. The van der Waals surface area contributed by atoms with Crippen LogP contribution in [0.4, 0.5) is 0 Å². The summed E-state index contributed by atoms with van der Waals surface area (Å²) in [5.74, 6) is 1.45. The van der Waals surface area contributed by atoms with Crippen LogP contribution in [0.5, 0.6) is 0 Å². The van der Waals surface area contributed by atoms with Gasteiger partial charge in [-0.05, 0) is 31.8 Å². The van der Waals surface area contributed by atoms with Crippen molar-refractivity contribution in [2.45, 2.75) is 46.6 Å². The van der Waals surface area contributed by atoms with Crippen LogP contribution in [0.2, 0.25) is 0 Å². The van der Waals surface area contributed by atoms with E-state index in [4.69, 9.17) is 0 Å². The highest BCUT2D eigenvalue weighted by molar-refractivity contribution is 5.82. The van der Waals surface area contributed by atoms with Crippen LogP contribution in [0.15, 0.2) is 0 Å². The number of nitrogens with one attached hydrogen (secondary N) is 1. The third kappa shape index (κ3) is 6.97. The molecule has 2 saturated heterocycles. The molecule has 1 N–H and O–H groups in total. The van der Waals surface area contributed by atoms with E-state index in [-0.39, 0.29) is 11.8 Å². The molecule has 0 aromatic heterocycles. The number of likely N-dealkylation sites (tertiary alicyclic amines) is 1. The number of amides is 1. The molecule has 2 aliphatic heterocycles. The highest BCUT2D eigenvalue weighted by atomic mass is 16.2. The van der Waals surface area contributed by atoms with Crippen molar-refractivity contribution in [2.24, 2.45) is 11.8 Å². The van der Waals surface area contributed by atoms with Gasteiger partial charge in [-0.2, -0.15) is 0 Å². The van der Waals surface area contributed by atoms with E-state index < -0.39 is 0 Å². The number of piperazine rings is 1. The largest absolute Gasteiger partial charge is 0.339 e. The fourth-order valence-electron chi connectivity index (χ4n) is 3.68. The fraction of sp³-hybridized carbons (Fsp3) is 0.900. The summed E-state index contributed by atoms with van der Waals surface area (Å²) >= 11 is 0. The van der Waals surface area contributed by atoms with Crippen molar-refractivity contribution in [1.29, 1.82) is 0 Å². The maximum Gasteiger partial charge on any atom is 0.236 e. The lowest BCUT2D eigenvalue weighted by Crippen LogP contribution is -2.52. The van der Waals surface area contributed by atoms with E-state index in [0.29, 0.717) is 24.9 Å². The van der Waals surface area contributed by atoms with E-state index >= 15 is 0 Å². The molecule has 0 bridgehead atoms. The quantitative estimate of drug-likeness (QED) is 0.696. The normalized spacial score (nSPS) is 20.9. The van der Waals surface area contributed by atoms with Crippen LogP contribution in [-0.4, -0.2) is 91.3 Å². The lowest BCUT2D eigenvalue weighted by Gasteiger charge is -2.39. The molecule has 6 nitrogen and oxygen atoms in total. The average Bonchev–Trinajstić information content (AvgIpc) is 2.61. The van der Waals surface area contributed by atoms with Crippen molar-refractivity contribution < 1.29 is 9.59 Å². The van der Waals surface area contributed by atoms with Crippen LogP contribution in [0.1, 0.15) is 40.5 Å². The molecule has 0 saturated carbocycles. The Bertz CT molecular complexity index is 451. The maximum absolute atomic E-state index is 12.2. The zero-order valence-electron chi connectivity index (χ0n) is 17.2. The van der Waals surface area contributed by atoms with Gasteiger partial charge >= 0.3 is 0 Å². The molecule has 2 rings (SSSR count). The van der Waals surface area contributed by atoms with Crippen LogP contribution in [0.25, 0.3) is 0 Å². The molecule has 0 aromatic rings. The first kappa shape index (κ1) is 21.3. The molecular weight excluding hydrogens is 328 g/mol. The SMILES string of the molecule is CC(C)NCC(=O)N1CCN(CC2CCN(CC(=O)C(C)C)CC2)CC1. The number of carbonyl (C=O) groups is 2. The molecule has 0 radical (unpaired) electrons. The summed E-state index contributed by atoms with van der Waals surface area (Å²) in [5.41, 5.74) is 0. The third-order valence-corrected chi connectivity index (χ3v) is 5.63. The summed E-state index contributed by atoms with van der Waals surface area (Å²) in [6, 6.07) is 0.349. The highest BCUT2D eigenvalue weighted by Gasteiger charge is 2.26. The second kappa shape index (κ2) is 10.4. The van der Waals surface area contributed by atoms with Crippen molar-refractivity contribution in [2.75, 3.05) is 58.9 Å². The number of carbonyl (C=O) groups excluding carboxylic acids is 2. The molecule has 2 heterocycles. The van der Waals surface area contributed by atoms with E-state index in [1.165, 1.54) is 12.8 Å².